The summed E-state index contributed by atoms with van der Waals surface area (Å²) in [5.41, 5.74) is 2.82. The Morgan fingerprint density at radius 2 is 2.11 bits per heavy atom. The van der Waals surface area contributed by atoms with Crippen LogP contribution in [0.3, 0.4) is 0 Å². The fourth-order valence-corrected chi connectivity index (χ4v) is 6.17. The average Bonchev–Trinajstić information content (AvgIpc) is 3.28. The molecule has 3 aromatic heterocycles. The van der Waals surface area contributed by atoms with Gasteiger partial charge in [0.1, 0.15) is 21.6 Å². The Morgan fingerprint density at radius 1 is 1.25 bits per heavy atom. The lowest BCUT2D eigenvalue weighted by atomic mass is 9.97. The van der Waals surface area contributed by atoms with E-state index in [1.54, 1.807) is 18.4 Å². The fourth-order valence-electron chi connectivity index (χ4n) is 3.60. The fraction of sp³-hybridized carbons (Fsp3) is 0.316. The number of methoxy groups -OCH3 is 1. The quantitative estimate of drug-likeness (QED) is 0.483. The van der Waals surface area contributed by atoms with E-state index in [-0.39, 0.29) is 5.75 Å². The number of hydrogen-bond donors (Lipinski definition) is 1. The average molecular weight is 433 g/mol. The summed E-state index contributed by atoms with van der Waals surface area (Å²) in [6.45, 7) is 0. The molecule has 0 bridgehead atoms. The van der Waals surface area contributed by atoms with Crippen LogP contribution in [0.15, 0.2) is 23.4 Å². The van der Waals surface area contributed by atoms with Gasteiger partial charge in [0.15, 0.2) is 5.16 Å². The predicted molar refractivity (Wildman–Crippen MR) is 112 cm³/mol. The number of fused-ring (bicyclic) bond motifs is 4. The number of aromatic amines is 1. The highest BCUT2D eigenvalue weighted by Crippen LogP contribution is 2.38. The molecule has 1 N–H and O–H groups in total. The van der Waals surface area contributed by atoms with Gasteiger partial charge < -0.3 is 9.72 Å². The SMILES string of the molecule is COc1ccc2nc(S(=O)Cc3nc(Cl)c4c5c(sc4n3)CCCC5)[nH]c2c1. The highest BCUT2D eigenvalue weighted by molar-refractivity contribution is 7.84. The third kappa shape index (κ3) is 3.09. The van der Waals surface area contributed by atoms with E-state index in [1.165, 1.54) is 23.3 Å². The number of hydrogen-bond acceptors (Lipinski definition) is 6. The van der Waals surface area contributed by atoms with Crippen LogP contribution in [-0.4, -0.2) is 31.3 Å². The highest BCUT2D eigenvalue weighted by Gasteiger charge is 2.21. The molecule has 1 unspecified atom stereocenters. The number of aromatic nitrogens is 4. The normalized spacial score (nSPS) is 15.1. The molecule has 0 spiro atoms. The van der Waals surface area contributed by atoms with E-state index in [0.29, 0.717) is 16.1 Å². The van der Waals surface area contributed by atoms with Crippen molar-refractivity contribution in [3.05, 3.63) is 39.6 Å². The Balaban J connectivity index is 1.47. The van der Waals surface area contributed by atoms with Crippen LogP contribution in [0.4, 0.5) is 0 Å². The van der Waals surface area contributed by atoms with Crippen molar-refractivity contribution in [1.29, 1.82) is 0 Å². The van der Waals surface area contributed by atoms with E-state index in [9.17, 15) is 4.21 Å². The van der Waals surface area contributed by atoms with Gasteiger partial charge in [0.25, 0.3) is 0 Å². The maximum atomic E-state index is 12.8. The molecule has 1 aliphatic rings. The number of rotatable bonds is 4. The Morgan fingerprint density at radius 3 is 2.96 bits per heavy atom. The summed E-state index contributed by atoms with van der Waals surface area (Å²) < 4.78 is 18.1. The van der Waals surface area contributed by atoms with E-state index in [0.717, 1.165) is 39.8 Å². The van der Waals surface area contributed by atoms with Crippen molar-refractivity contribution in [2.75, 3.05) is 7.11 Å². The zero-order chi connectivity index (χ0) is 19.3. The molecule has 0 fully saturated rings. The van der Waals surface area contributed by atoms with Gasteiger partial charge in [-0.25, -0.2) is 15.0 Å². The topological polar surface area (TPSA) is 80.8 Å². The van der Waals surface area contributed by atoms with Crippen molar-refractivity contribution >= 4 is 55.0 Å². The van der Waals surface area contributed by atoms with Gasteiger partial charge in [0, 0.05) is 10.9 Å². The molecule has 9 heteroatoms. The van der Waals surface area contributed by atoms with Gasteiger partial charge in [-0.05, 0) is 43.4 Å². The minimum Gasteiger partial charge on any atom is -0.497 e. The third-order valence-electron chi connectivity index (χ3n) is 4.96. The molecule has 1 aromatic carbocycles. The Kier molecular flexibility index (Phi) is 4.57. The summed E-state index contributed by atoms with van der Waals surface area (Å²) in [4.78, 5) is 18.9. The number of benzene rings is 1. The molecule has 144 valence electrons. The summed E-state index contributed by atoms with van der Waals surface area (Å²) in [5, 5.41) is 1.84. The van der Waals surface area contributed by atoms with E-state index < -0.39 is 10.8 Å². The number of nitrogens with one attached hydrogen (secondary N) is 1. The first-order valence-electron chi connectivity index (χ1n) is 9.01. The lowest BCUT2D eigenvalue weighted by Gasteiger charge is -2.10. The first-order valence-corrected chi connectivity index (χ1v) is 11.5. The standard InChI is InChI=1S/C19H17ClN4O2S2/c1-26-10-6-7-12-13(8-10)22-19(21-12)28(25)9-15-23-17(20)16-11-4-2-3-5-14(11)27-18(16)24-15/h6-8H,2-5,9H2,1H3,(H,21,22). The molecular weight excluding hydrogens is 416 g/mol. The number of halogens is 1. The second-order valence-electron chi connectivity index (χ2n) is 6.74. The number of nitrogens with zero attached hydrogens (tertiary/aromatic N) is 3. The van der Waals surface area contributed by atoms with Gasteiger partial charge in [0.2, 0.25) is 0 Å². The zero-order valence-corrected chi connectivity index (χ0v) is 17.5. The van der Waals surface area contributed by atoms with Crippen LogP contribution < -0.4 is 4.74 Å². The van der Waals surface area contributed by atoms with Crippen molar-refractivity contribution in [3.8, 4) is 5.75 Å². The summed E-state index contributed by atoms with van der Waals surface area (Å²) >= 11 is 8.17. The molecular formula is C19H17ClN4O2S2. The molecule has 28 heavy (non-hydrogen) atoms. The Bertz CT molecular complexity index is 1230. The molecule has 0 radical (unpaired) electrons. The monoisotopic (exact) mass is 432 g/mol. The number of ether oxygens (including phenoxy) is 1. The minimum atomic E-state index is -1.40. The van der Waals surface area contributed by atoms with E-state index in [4.69, 9.17) is 16.3 Å². The van der Waals surface area contributed by atoms with Gasteiger partial charge in [-0.3, -0.25) is 4.21 Å². The van der Waals surface area contributed by atoms with Crippen LogP contribution in [0.25, 0.3) is 21.3 Å². The van der Waals surface area contributed by atoms with E-state index in [1.807, 2.05) is 18.2 Å². The van der Waals surface area contributed by atoms with Crippen molar-refractivity contribution in [1.82, 2.24) is 19.9 Å². The number of imidazole rings is 1. The van der Waals surface area contributed by atoms with E-state index in [2.05, 4.69) is 19.9 Å². The predicted octanol–water partition coefficient (Wildman–Crippen LogP) is 4.42. The maximum absolute atomic E-state index is 12.8. The third-order valence-corrected chi connectivity index (χ3v) is 7.56. The minimum absolute atomic E-state index is 0.162. The van der Waals surface area contributed by atoms with Gasteiger partial charge in [-0.15, -0.1) is 11.3 Å². The number of thiophene rings is 1. The second-order valence-corrected chi connectivity index (χ2v) is 9.54. The van der Waals surface area contributed by atoms with Crippen molar-refractivity contribution in [2.24, 2.45) is 0 Å². The van der Waals surface area contributed by atoms with Crippen LogP contribution in [0.1, 0.15) is 29.1 Å². The summed E-state index contributed by atoms with van der Waals surface area (Å²) in [5.74, 6) is 1.36. The number of aryl methyl sites for hydroxylation is 2. The Hall–Kier alpha value is -2.03. The molecule has 1 aliphatic carbocycles. The molecule has 0 aliphatic heterocycles. The molecule has 1 atom stereocenters. The second kappa shape index (κ2) is 7.09. The number of H-pyrrole nitrogens is 1. The van der Waals surface area contributed by atoms with Crippen molar-refractivity contribution < 1.29 is 8.95 Å². The lowest BCUT2D eigenvalue weighted by molar-refractivity contribution is 0.415. The summed E-state index contributed by atoms with van der Waals surface area (Å²) in [7, 11) is 0.204. The van der Waals surface area contributed by atoms with Gasteiger partial charge >= 0.3 is 0 Å². The molecule has 0 amide bonds. The summed E-state index contributed by atoms with van der Waals surface area (Å²) in [6.07, 6.45) is 4.50. The van der Waals surface area contributed by atoms with Gasteiger partial charge in [-0.2, -0.15) is 0 Å². The Labute approximate surface area is 172 Å². The molecule has 5 rings (SSSR count). The van der Waals surface area contributed by atoms with Crippen molar-refractivity contribution in [2.45, 2.75) is 36.6 Å². The molecule has 4 aromatic rings. The van der Waals surface area contributed by atoms with Gasteiger partial charge in [-0.1, -0.05) is 11.6 Å². The lowest BCUT2D eigenvalue weighted by Crippen LogP contribution is -2.04. The van der Waals surface area contributed by atoms with Crippen LogP contribution in [-0.2, 0) is 29.4 Å². The first kappa shape index (κ1) is 18.0. The zero-order valence-electron chi connectivity index (χ0n) is 15.1. The molecule has 6 nitrogen and oxygen atoms in total. The van der Waals surface area contributed by atoms with Crippen LogP contribution >= 0.6 is 22.9 Å². The highest BCUT2D eigenvalue weighted by atomic mass is 35.5. The summed E-state index contributed by atoms with van der Waals surface area (Å²) in [6, 6.07) is 5.49. The largest absolute Gasteiger partial charge is 0.497 e. The van der Waals surface area contributed by atoms with Crippen LogP contribution in [0.5, 0.6) is 5.75 Å². The van der Waals surface area contributed by atoms with Crippen molar-refractivity contribution in [3.63, 3.8) is 0 Å². The first-order chi connectivity index (χ1) is 13.6. The smallest absolute Gasteiger partial charge is 0.197 e. The maximum Gasteiger partial charge on any atom is 0.197 e. The van der Waals surface area contributed by atoms with Crippen LogP contribution in [0, 0.1) is 0 Å². The van der Waals surface area contributed by atoms with Gasteiger partial charge in [0.05, 0.1) is 40.1 Å². The molecule has 3 heterocycles. The molecule has 0 saturated carbocycles. The molecule has 0 saturated heterocycles. The van der Waals surface area contributed by atoms with Crippen LogP contribution in [0.2, 0.25) is 5.15 Å². The van der Waals surface area contributed by atoms with E-state index >= 15 is 0 Å².